The van der Waals surface area contributed by atoms with Crippen molar-refractivity contribution in [3.05, 3.63) is 0 Å². The summed E-state index contributed by atoms with van der Waals surface area (Å²) in [5, 5.41) is 0. The Hall–Kier alpha value is -0.0500. The molecule has 2 aliphatic rings. The first-order valence-electron chi connectivity index (χ1n) is 5.71. The van der Waals surface area contributed by atoms with Gasteiger partial charge in [-0.15, -0.1) is 0 Å². The van der Waals surface area contributed by atoms with Crippen molar-refractivity contribution in [1.29, 1.82) is 0 Å². The third-order valence-electron chi connectivity index (χ3n) is 3.42. The highest BCUT2D eigenvalue weighted by Crippen LogP contribution is 2.38. The fraction of sp³-hybridized carbons (Fsp3) is 0.909. The monoisotopic (exact) mass is 259 g/mol. The van der Waals surface area contributed by atoms with Crippen molar-refractivity contribution in [3.63, 3.8) is 0 Å². The van der Waals surface area contributed by atoms with Gasteiger partial charge in [-0.3, -0.25) is 4.79 Å². The number of likely N-dealkylation sites (tertiary alicyclic amines) is 1. The van der Waals surface area contributed by atoms with E-state index in [1.165, 1.54) is 32.1 Å². The maximum Gasteiger partial charge on any atom is 0.239 e. The summed E-state index contributed by atoms with van der Waals surface area (Å²) in [7, 11) is 0. The molecular formula is C11H18BrNO. The van der Waals surface area contributed by atoms with Gasteiger partial charge in [0.1, 0.15) is 4.32 Å². The minimum atomic E-state index is -0.199. The molecule has 14 heavy (non-hydrogen) atoms. The van der Waals surface area contributed by atoms with Crippen LogP contribution in [-0.2, 0) is 4.79 Å². The Labute approximate surface area is 94.2 Å². The van der Waals surface area contributed by atoms with Crippen molar-refractivity contribution in [3.8, 4) is 0 Å². The predicted octanol–water partition coefficient (Wildman–Crippen LogP) is 2.71. The van der Waals surface area contributed by atoms with Gasteiger partial charge in [-0.05, 0) is 25.7 Å². The number of amides is 1. The average molecular weight is 260 g/mol. The third-order valence-corrected chi connectivity index (χ3v) is 4.55. The molecule has 0 atom stereocenters. The lowest BCUT2D eigenvalue weighted by atomic mass is 9.88. The molecular weight excluding hydrogens is 242 g/mol. The summed E-state index contributed by atoms with van der Waals surface area (Å²) in [6.07, 6.45) is 8.13. The van der Waals surface area contributed by atoms with E-state index >= 15 is 0 Å². The molecule has 2 fully saturated rings. The van der Waals surface area contributed by atoms with Crippen LogP contribution in [0.25, 0.3) is 0 Å². The molecule has 0 spiro atoms. The van der Waals surface area contributed by atoms with E-state index in [9.17, 15) is 4.79 Å². The van der Waals surface area contributed by atoms with Crippen LogP contribution < -0.4 is 0 Å². The molecule has 0 aromatic carbocycles. The Kier molecular flexibility index (Phi) is 3.15. The van der Waals surface area contributed by atoms with Gasteiger partial charge in [0.2, 0.25) is 5.91 Å². The zero-order chi connectivity index (χ0) is 10.0. The van der Waals surface area contributed by atoms with Gasteiger partial charge in [0.25, 0.3) is 0 Å². The molecule has 1 aliphatic heterocycles. The van der Waals surface area contributed by atoms with E-state index in [1.54, 1.807) is 0 Å². The number of hydrogen-bond donors (Lipinski definition) is 0. The maximum atomic E-state index is 12.2. The van der Waals surface area contributed by atoms with Crippen LogP contribution in [0.1, 0.15) is 44.9 Å². The fourth-order valence-electron chi connectivity index (χ4n) is 2.53. The summed E-state index contributed by atoms with van der Waals surface area (Å²) in [6, 6.07) is 0. The minimum absolute atomic E-state index is 0.199. The molecule has 2 rings (SSSR count). The van der Waals surface area contributed by atoms with Crippen LogP contribution in [0.5, 0.6) is 0 Å². The fourth-order valence-corrected chi connectivity index (χ4v) is 3.34. The highest BCUT2D eigenvalue weighted by molar-refractivity contribution is 9.10. The van der Waals surface area contributed by atoms with Crippen LogP contribution in [0, 0.1) is 0 Å². The van der Waals surface area contributed by atoms with Gasteiger partial charge in [0.05, 0.1) is 0 Å². The molecule has 0 bridgehead atoms. The quantitative estimate of drug-likeness (QED) is 0.664. The van der Waals surface area contributed by atoms with E-state index in [4.69, 9.17) is 0 Å². The SMILES string of the molecule is O=C(N1CCCC1)C1(Br)CCCCC1. The van der Waals surface area contributed by atoms with Crippen LogP contribution in [0.15, 0.2) is 0 Å². The lowest BCUT2D eigenvalue weighted by Crippen LogP contribution is -2.44. The number of halogens is 1. The molecule has 1 heterocycles. The molecule has 1 saturated heterocycles. The second kappa shape index (κ2) is 4.21. The smallest absolute Gasteiger partial charge is 0.239 e. The number of hydrogen-bond acceptors (Lipinski definition) is 1. The van der Waals surface area contributed by atoms with Crippen molar-refractivity contribution in [2.24, 2.45) is 0 Å². The Morgan fingerprint density at radius 2 is 1.57 bits per heavy atom. The van der Waals surface area contributed by atoms with E-state index < -0.39 is 0 Å². The Morgan fingerprint density at radius 1 is 1.00 bits per heavy atom. The number of carbonyl (C=O) groups excluding carboxylic acids is 1. The second-order valence-corrected chi connectivity index (χ2v) is 6.04. The highest BCUT2D eigenvalue weighted by Gasteiger charge is 2.40. The van der Waals surface area contributed by atoms with Crippen molar-refractivity contribution in [2.45, 2.75) is 49.3 Å². The molecule has 0 aromatic rings. The molecule has 0 aromatic heterocycles. The number of carbonyl (C=O) groups is 1. The van der Waals surface area contributed by atoms with Crippen LogP contribution in [-0.4, -0.2) is 28.2 Å². The van der Waals surface area contributed by atoms with Crippen molar-refractivity contribution in [1.82, 2.24) is 4.90 Å². The van der Waals surface area contributed by atoms with E-state index in [0.29, 0.717) is 5.91 Å². The van der Waals surface area contributed by atoms with Gasteiger partial charge in [-0.25, -0.2) is 0 Å². The number of alkyl halides is 1. The van der Waals surface area contributed by atoms with Gasteiger partial charge in [-0.1, -0.05) is 35.2 Å². The Bertz CT molecular complexity index is 217. The van der Waals surface area contributed by atoms with Crippen molar-refractivity contribution >= 4 is 21.8 Å². The average Bonchev–Trinajstić information content (AvgIpc) is 2.70. The van der Waals surface area contributed by atoms with E-state index in [-0.39, 0.29) is 4.32 Å². The largest absolute Gasteiger partial charge is 0.341 e. The first-order valence-corrected chi connectivity index (χ1v) is 6.50. The first kappa shape index (κ1) is 10.5. The van der Waals surface area contributed by atoms with E-state index in [2.05, 4.69) is 15.9 Å². The van der Waals surface area contributed by atoms with Crippen molar-refractivity contribution < 1.29 is 4.79 Å². The Balaban J connectivity index is 2.00. The molecule has 2 nitrogen and oxygen atoms in total. The van der Waals surface area contributed by atoms with Crippen molar-refractivity contribution in [2.75, 3.05) is 13.1 Å². The number of nitrogens with zero attached hydrogens (tertiary/aromatic N) is 1. The minimum Gasteiger partial charge on any atom is -0.341 e. The lowest BCUT2D eigenvalue weighted by Gasteiger charge is -2.33. The molecule has 0 radical (unpaired) electrons. The standard InChI is InChI=1S/C11H18BrNO/c12-11(6-2-1-3-7-11)10(14)13-8-4-5-9-13/h1-9H2. The third kappa shape index (κ3) is 1.97. The molecule has 0 N–H and O–H groups in total. The van der Waals surface area contributed by atoms with Crippen LogP contribution in [0.4, 0.5) is 0 Å². The topological polar surface area (TPSA) is 20.3 Å². The predicted molar refractivity (Wildman–Crippen MR) is 60.6 cm³/mol. The van der Waals surface area contributed by atoms with E-state index in [1.807, 2.05) is 4.90 Å². The highest BCUT2D eigenvalue weighted by atomic mass is 79.9. The molecule has 80 valence electrons. The van der Waals surface area contributed by atoms with Gasteiger partial charge >= 0.3 is 0 Å². The summed E-state index contributed by atoms with van der Waals surface area (Å²) < 4.78 is -0.199. The summed E-state index contributed by atoms with van der Waals surface area (Å²) >= 11 is 3.68. The molecule has 3 heteroatoms. The normalized spacial score (nSPS) is 26.5. The van der Waals surface area contributed by atoms with Gasteiger partial charge in [0.15, 0.2) is 0 Å². The molecule has 1 aliphatic carbocycles. The van der Waals surface area contributed by atoms with Crippen LogP contribution >= 0.6 is 15.9 Å². The van der Waals surface area contributed by atoms with E-state index in [0.717, 1.165) is 25.9 Å². The first-order chi connectivity index (χ1) is 6.72. The molecule has 1 amide bonds. The maximum absolute atomic E-state index is 12.2. The van der Waals surface area contributed by atoms with Gasteiger partial charge in [0, 0.05) is 13.1 Å². The van der Waals surface area contributed by atoms with Crippen LogP contribution in [0.2, 0.25) is 0 Å². The van der Waals surface area contributed by atoms with Gasteiger partial charge < -0.3 is 4.90 Å². The van der Waals surface area contributed by atoms with Crippen LogP contribution in [0.3, 0.4) is 0 Å². The summed E-state index contributed by atoms with van der Waals surface area (Å²) in [5.74, 6) is 0.356. The molecule has 1 saturated carbocycles. The summed E-state index contributed by atoms with van der Waals surface area (Å²) in [6.45, 7) is 1.96. The lowest BCUT2D eigenvalue weighted by molar-refractivity contribution is -0.133. The molecule has 0 unspecified atom stereocenters. The Morgan fingerprint density at radius 3 is 2.14 bits per heavy atom. The van der Waals surface area contributed by atoms with Gasteiger partial charge in [-0.2, -0.15) is 0 Å². The summed E-state index contributed by atoms with van der Waals surface area (Å²) in [5.41, 5.74) is 0. The second-order valence-electron chi connectivity index (χ2n) is 4.53. The zero-order valence-electron chi connectivity index (χ0n) is 8.60. The summed E-state index contributed by atoms with van der Waals surface area (Å²) in [4.78, 5) is 14.2. The zero-order valence-corrected chi connectivity index (χ0v) is 10.2. The number of rotatable bonds is 1.